The summed E-state index contributed by atoms with van der Waals surface area (Å²) in [7, 11) is 2.28. The number of fused-ring (bicyclic) bond motifs is 5. The number of amides is 1. The number of ether oxygens (including phenoxy) is 3. The third-order valence-electron chi connectivity index (χ3n) is 11.4. The van der Waals surface area contributed by atoms with E-state index in [-0.39, 0.29) is 23.2 Å². The summed E-state index contributed by atoms with van der Waals surface area (Å²) in [5, 5.41) is 74.0. The van der Waals surface area contributed by atoms with E-state index in [0.717, 1.165) is 24.8 Å². The van der Waals surface area contributed by atoms with Crippen molar-refractivity contribution in [2.45, 2.75) is 68.7 Å². The summed E-state index contributed by atoms with van der Waals surface area (Å²) in [6, 6.07) is 11.1. The van der Waals surface area contributed by atoms with Gasteiger partial charge in [0.15, 0.2) is 17.0 Å². The van der Waals surface area contributed by atoms with Gasteiger partial charge in [-0.2, -0.15) is 0 Å². The molecule has 8 N–H and O–H groups in total. The summed E-state index contributed by atoms with van der Waals surface area (Å²) in [5.41, 5.74) is -9.33. The van der Waals surface area contributed by atoms with Crippen LogP contribution in [0, 0.1) is 12.8 Å². The number of allylic oxidation sites excluding steroid dienone is 2. The highest BCUT2D eigenvalue weighted by atomic mass is 16.6. The predicted octanol–water partition coefficient (Wildman–Crippen LogP) is 0.487. The fourth-order valence-electron chi connectivity index (χ4n) is 8.69. The van der Waals surface area contributed by atoms with E-state index < -0.39 is 135 Å². The van der Waals surface area contributed by atoms with Crippen LogP contribution >= 0.6 is 0 Å². The number of phenolic OH excluding ortho intramolecular Hbond substituents is 2. The first-order valence-electron chi connectivity index (χ1n) is 17.8. The summed E-state index contributed by atoms with van der Waals surface area (Å²) in [5.74, 6) is -8.47. The molecule has 3 aromatic carbocycles. The predicted molar refractivity (Wildman–Crippen MR) is 192 cm³/mol. The van der Waals surface area contributed by atoms with Gasteiger partial charge in [-0.15, -0.1) is 0 Å². The number of methoxy groups -OCH3 is 2. The molecule has 1 aliphatic heterocycles. The fraction of sp³-hybridized carbons (Fsp3) is 0.375. The summed E-state index contributed by atoms with van der Waals surface area (Å²) < 4.78 is 16.7. The van der Waals surface area contributed by atoms with Gasteiger partial charge in [-0.25, -0.2) is 0 Å². The van der Waals surface area contributed by atoms with Crippen LogP contribution in [0.3, 0.4) is 0 Å². The zero-order valence-corrected chi connectivity index (χ0v) is 30.7. The number of hydrogen-bond donors (Lipinski definition) is 8. The van der Waals surface area contributed by atoms with Crippen molar-refractivity contribution in [3.05, 3.63) is 104 Å². The van der Waals surface area contributed by atoms with Gasteiger partial charge in [0.2, 0.25) is 17.3 Å². The van der Waals surface area contributed by atoms with Gasteiger partial charge in [-0.1, -0.05) is 36.4 Å². The summed E-state index contributed by atoms with van der Waals surface area (Å²) in [4.78, 5) is 70.7. The molecule has 16 heteroatoms. The van der Waals surface area contributed by atoms with E-state index in [4.69, 9.17) is 14.2 Å². The first kappa shape index (κ1) is 38.9. The molecule has 0 saturated carbocycles. The van der Waals surface area contributed by atoms with Crippen molar-refractivity contribution in [1.29, 1.82) is 0 Å². The van der Waals surface area contributed by atoms with Crippen LogP contribution in [0.25, 0.3) is 0 Å². The maximum absolute atomic E-state index is 14.8. The number of aryl methyl sites for hydroxylation is 1. The zero-order valence-electron chi connectivity index (χ0n) is 30.7. The van der Waals surface area contributed by atoms with Gasteiger partial charge < -0.3 is 55.5 Å². The first-order valence-corrected chi connectivity index (χ1v) is 17.8. The molecule has 0 radical (unpaired) electrons. The molecule has 1 unspecified atom stereocenters. The van der Waals surface area contributed by atoms with Crippen LogP contribution in [0.2, 0.25) is 0 Å². The Morgan fingerprint density at radius 2 is 1.68 bits per heavy atom. The average Bonchev–Trinajstić information content (AvgIpc) is 3.15. The van der Waals surface area contributed by atoms with E-state index in [9.17, 15) is 54.6 Å². The van der Waals surface area contributed by atoms with Crippen molar-refractivity contribution < 1.29 is 68.8 Å². The Morgan fingerprint density at radius 3 is 2.32 bits per heavy atom. The molecule has 3 aromatic rings. The average molecular weight is 773 g/mol. The second kappa shape index (κ2) is 14.0. The smallest absolute Gasteiger partial charge is 0.255 e. The molecule has 294 valence electrons. The standard InChI is InChI=1S/C40H40N2O14/c1-16-10-19-11-25(45)40(55-4)36(51)28-21(35(50)39(40,53)29(19)33(49)26(16)37(52)41-14-18-8-6-5-7-9-18)12-20-27(32(28)48)24(44)13-23(30(20)46)42-38-22(15-43)31(47)34(54-3)17(2)56-38/h5-10,12-13,17,22,25,31,34,38,42-43,45,47-49,53H,11,14-15H2,1-4H3,(H,41,52)/t17-,22+,25+,31-,34-,38?,39-,40+/m0/s1. The Labute approximate surface area is 319 Å². The quantitative estimate of drug-likeness (QED) is 0.155. The van der Waals surface area contributed by atoms with Gasteiger partial charge in [0.1, 0.15) is 23.8 Å². The van der Waals surface area contributed by atoms with Crippen molar-refractivity contribution >= 4 is 29.0 Å². The number of hydrogen-bond acceptors (Lipinski definition) is 15. The number of aliphatic hydroxyl groups is 4. The summed E-state index contributed by atoms with van der Waals surface area (Å²) >= 11 is 0. The van der Waals surface area contributed by atoms with E-state index in [1.165, 1.54) is 20.1 Å². The van der Waals surface area contributed by atoms with E-state index in [2.05, 4.69) is 10.6 Å². The largest absolute Gasteiger partial charge is 0.507 e. The van der Waals surface area contributed by atoms with Gasteiger partial charge in [0.25, 0.3) is 5.91 Å². The molecule has 1 amide bonds. The maximum Gasteiger partial charge on any atom is 0.255 e. The number of nitrogens with one attached hydrogen (secondary N) is 2. The minimum absolute atomic E-state index is 0.00721. The Bertz CT molecular complexity index is 2240. The molecule has 56 heavy (non-hydrogen) atoms. The third kappa shape index (κ3) is 5.36. The third-order valence-corrected chi connectivity index (χ3v) is 11.4. The Kier molecular flexibility index (Phi) is 9.73. The van der Waals surface area contributed by atoms with Crippen molar-refractivity contribution in [2.75, 3.05) is 20.8 Å². The highest BCUT2D eigenvalue weighted by Gasteiger charge is 2.72. The number of Topliss-reactive ketones (excluding diaryl/α,β-unsaturated/α-hetero) is 3. The Morgan fingerprint density at radius 1 is 0.982 bits per heavy atom. The van der Waals surface area contributed by atoms with Gasteiger partial charge in [0.05, 0.1) is 53.2 Å². The molecule has 7 rings (SSSR count). The minimum Gasteiger partial charge on any atom is -0.507 e. The summed E-state index contributed by atoms with van der Waals surface area (Å²) in [6.07, 6.45) is -5.64. The molecular weight excluding hydrogens is 732 g/mol. The van der Waals surface area contributed by atoms with Crippen LogP contribution in [-0.4, -0.2) is 117 Å². The molecule has 0 spiro atoms. The number of rotatable bonds is 8. The fourth-order valence-corrected chi connectivity index (χ4v) is 8.69. The molecule has 3 aliphatic carbocycles. The number of aromatic hydroxyl groups is 2. The molecule has 4 aliphatic rings. The lowest BCUT2D eigenvalue weighted by molar-refractivity contribution is -0.214. The van der Waals surface area contributed by atoms with Crippen LogP contribution < -0.4 is 10.6 Å². The highest BCUT2D eigenvalue weighted by Crippen LogP contribution is 2.56. The number of aliphatic hydroxyl groups excluding tert-OH is 3. The van der Waals surface area contributed by atoms with Crippen molar-refractivity contribution in [2.24, 2.45) is 5.92 Å². The van der Waals surface area contributed by atoms with Crippen LogP contribution in [0.1, 0.15) is 81.0 Å². The number of carbonyl (C=O) groups is 5. The van der Waals surface area contributed by atoms with E-state index in [1.807, 2.05) is 0 Å². The van der Waals surface area contributed by atoms with Gasteiger partial charge in [0, 0.05) is 50.0 Å². The van der Waals surface area contributed by atoms with Crippen LogP contribution in [0.4, 0.5) is 0 Å². The lowest BCUT2D eigenvalue weighted by atomic mass is 9.56. The molecule has 1 fully saturated rings. The van der Waals surface area contributed by atoms with Gasteiger partial charge in [-0.05, 0) is 36.6 Å². The lowest BCUT2D eigenvalue weighted by Crippen LogP contribution is -2.73. The number of benzene rings is 3. The summed E-state index contributed by atoms with van der Waals surface area (Å²) in [6.45, 7) is 2.53. The lowest BCUT2D eigenvalue weighted by Gasteiger charge is -2.53. The maximum atomic E-state index is 14.8. The second-order valence-electron chi connectivity index (χ2n) is 14.4. The topological polar surface area (TPSA) is 258 Å². The molecule has 1 heterocycles. The first-order chi connectivity index (χ1) is 26.6. The van der Waals surface area contributed by atoms with Crippen LogP contribution in [0.5, 0.6) is 11.5 Å². The van der Waals surface area contributed by atoms with Gasteiger partial charge in [-0.3, -0.25) is 24.0 Å². The SMILES string of the molecule is CO[C@@H]1[C@@H](O)[C@@H](CO)C(NC2=CC(=O)c3c(cc4c(c3O)C(=O)[C@]3(OC)[C@H](O)Cc5cc(C)c(C(=O)NCc6ccccc6)c(O)c5[C@]3(O)C4=O)C2=O)O[C@H]1C. The number of carbonyl (C=O) groups excluding carboxylic acids is 5. The van der Waals surface area contributed by atoms with Crippen molar-refractivity contribution in [1.82, 2.24) is 10.6 Å². The number of ketones is 4. The Hall–Kier alpha value is -5.33. The van der Waals surface area contributed by atoms with Gasteiger partial charge >= 0.3 is 0 Å². The van der Waals surface area contributed by atoms with Crippen molar-refractivity contribution in [3.8, 4) is 11.5 Å². The van der Waals surface area contributed by atoms with E-state index in [1.54, 1.807) is 37.3 Å². The van der Waals surface area contributed by atoms with Crippen LogP contribution in [-0.2, 0) is 32.8 Å². The normalized spacial score (nSPS) is 29.5. The highest BCUT2D eigenvalue weighted by molar-refractivity contribution is 6.31. The number of phenols is 2. The molecule has 1 saturated heterocycles. The monoisotopic (exact) mass is 772 g/mol. The molecular formula is C40H40N2O14. The van der Waals surface area contributed by atoms with E-state index in [0.29, 0.717) is 0 Å². The van der Waals surface area contributed by atoms with E-state index >= 15 is 0 Å². The second-order valence-corrected chi connectivity index (χ2v) is 14.4. The molecule has 0 aromatic heterocycles. The molecule has 0 bridgehead atoms. The van der Waals surface area contributed by atoms with Crippen LogP contribution in [0.15, 0.2) is 54.2 Å². The molecule has 16 nitrogen and oxygen atoms in total. The Balaban J connectivity index is 1.33. The minimum atomic E-state index is -3.25. The van der Waals surface area contributed by atoms with Crippen molar-refractivity contribution in [3.63, 3.8) is 0 Å². The zero-order chi connectivity index (χ0) is 40.6. The molecule has 8 atom stereocenters.